The Kier molecular flexibility index (Phi) is 7.82. The lowest BCUT2D eigenvalue weighted by atomic mass is 9.82. The molecule has 3 aliphatic heterocycles. The lowest BCUT2D eigenvalue weighted by Crippen LogP contribution is -2.56. The van der Waals surface area contributed by atoms with E-state index in [2.05, 4.69) is 34.6 Å². The lowest BCUT2D eigenvalue weighted by molar-refractivity contribution is -0.326. The first kappa shape index (κ1) is 31.4. The number of benzene rings is 2. The van der Waals surface area contributed by atoms with Gasteiger partial charge in [-0.15, -0.1) is 0 Å². The maximum Gasteiger partial charge on any atom is 0.344 e. The van der Waals surface area contributed by atoms with Crippen LogP contribution in [0.4, 0.5) is 0 Å². The second kappa shape index (κ2) is 11.5. The van der Waals surface area contributed by atoms with Crippen LogP contribution < -0.4 is 10.4 Å². The molecule has 7 rings (SSSR count). The van der Waals surface area contributed by atoms with E-state index in [1.807, 2.05) is 45.0 Å². The van der Waals surface area contributed by atoms with Crippen LogP contribution in [0.1, 0.15) is 88.0 Å². The fraction of sp³-hybridized carbons (Fsp3) is 0.568. The highest BCUT2D eigenvalue weighted by atomic mass is 16.7. The standard InChI is InChI=1S/C37H44O9/c1-15-13-14-25-29-26(15)34(38)45-33-28-23(19(5)27(30(29)33)35(39)43-25)11-10-12-24(28)44-37-32(17(3)16(2)21(7)42-37)46-36-20(6)31(40-9)18(4)22(8)41-36/h10-13,16-18,20-22,25,31-32,36-37H,14H2,1-9H3. The number of ether oxygens (including phenoxy) is 6. The highest BCUT2D eigenvalue weighted by Crippen LogP contribution is 2.48. The first-order valence-electron chi connectivity index (χ1n) is 16.5. The molecule has 11 unspecified atom stereocenters. The smallest absolute Gasteiger partial charge is 0.344 e. The van der Waals surface area contributed by atoms with Crippen molar-refractivity contribution in [3.63, 3.8) is 0 Å². The molecule has 0 amide bonds. The van der Waals surface area contributed by atoms with Gasteiger partial charge in [-0.2, -0.15) is 0 Å². The summed E-state index contributed by atoms with van der Waals surface area (Å²) in [4.78, 5) is 27.0. The van der Waals surface area contributed by atoms with Crippen LogP contribution in [0.2, 0.25) is 0 Å². The molecule has 1 aliphatic carbocycles. The van der Waals surface area contributed by atoms with Gasteiger partial charge in [-0.25, -0.2) is 9.59 Å². The van der Waals surface area contributed by atoms with Crippen LogP contribution in [0.15, 0.2) is 33.5 Å². The molecule has 9 nitrogen and oxygen atoms in total. The maximum absolute atomic E-state index is 13.6. The van der Waals surface area contributed by atoms with E-state index in [1.54, 1.807) is 7.11 Å². The Hall–Kier alpha value is -3.24. The zero-order chi connectivity index (χ0) is 32.8. The molecule has 9 heteroatoms. The van der Waals surface area contributed by atoms with E-state index in [0.717, 1.165) is 16.5 Å². The fourth-order valence-electron chi connectivity index (χ4n) is 8.12. The number of aryl methyl sites for hydroxylation is 1. The molecular formula is C37H44O9. The molecule has 0 saturated carbocycles. The number of hydrogen-bond donors (Lipinski definition) is 0. The molecule has 246 valence electrons. The predicted octanol–water partition coefficient (Wildman–Crippen LogP) is 7.09. The summed E-state index contributed by atoms with van der Waals surface area (Å²) in [5.74, 6) is 0.528. The molecule has 0 radical (unpaired) electrons. The van der Waals surface area contributed by atoms with E-state index in [4.69, 9.17) is 32.8 Å². The summed E-state index contributed by atoms with van der Waals surface area (Å²) in [6, 6.07) is 5.63. The molecule has 3 aromatic rings. The van der Waals surface area contributed by atoms with Crippen molar-refractivity contribution in [2.75, 3.05) is 7.11 Å². The van der Waals surface area contributed by atoms with Gasteiger partial charge in [0.05, 0.1) is 34.8 Å². The number of fused-ring (bicyclic) bond motifs is 2. The Labute approximate surface area is 269 Å². The van der Waals surface area contributed by atoms with Gasteiger partial charge in [-0.05, 0) is 62.1 Å². The Balaban J connectivity index is 1.35. The van der Waals surface area contributed by atoms with Crippen LogP contribution in [0.25, 0.3) is 27.3 Å². The van der Waals surface area contributed by atoms with Crippen LogP contribution in [0.5, 0.6) is 5.75 Å². The summed E-state index contributed by atoms with van der Waals surface area (Å²) in [5.41, 5.74) is 3.03. The minimum Gasteiger partial charge on any atom is -0.461 e. The molecule has 0 spiro atoms. The van der Waals surface area contributed by atoms with Crippen molar-refractivity contribution in [1.29, 1.82) is 0 Å². The topological polar surface area (TPSA) is 103 Å². The summed E-state index contributed by atoms with van der Waals surface area (Å²) < 4.78 is 44.4. The van der Waals surface area contributed by atoms with Crippen LogP contribution in [-0.4, -0.2) is 50.1 Å². The first-order chi connectivity index (χ1) is 21.9. The molecular weight excluding hydrogens is 588 g/mol. The normalized spacial score (nSPS) is 35.6. The van der Waals surface area contributed by atoms with Crippen molar-refractivity contribution < 1.29 is 37.6 Å². The van der Waals surface area contributed by atoms with Gasteiger partial charge in [0.25, 0.3) is 0 Å². The van der Waals surface area contributed by atoms with E-state index in [-0.39, 0.29) is 42.0 Å². The van der Waals surface area contributed by atoms with Crippen molar-refractivity contribution in [2.45, 2.75) is 105 Å². The molecule has 2 saturated heterocycles. The average molecular weight is 633 g/mol. The largest absolute Gasteiger partial charge is 0.461 e. The molecule has 4 aliphatic rings. The summed E-state index contributed by atoms with van der Waals surface area (Å²) in [6.45, 7) is 16.4. The number of methoxy groups -OCH3 is 1. The van der Waals surface area contributed by atoms with Crippen molar-refractivity contribution in [1.82, 2.24) is 0 Å². The maximum atomic E-state index is 13.6. The highest BCUT2D eigenvalue weighted by molar-refractivity contribution is 6.20. The minimum absolute atomic E-state index is 0.0162. The second-order valence-electron chi connectivity index (χ2n) is 13.9. The molecule has 1 aromatic heterocycles. The highest BCUT2D eigenvalue weighted by Gasteiger charge is 2.48. The molecule has 46 heavy (non-hydrogen) atoms. The number of allylic oxidation sites excluding steroid dienone is 1. The molecule has 2 aromatic carbocycles. The Morgan fingerprint density at radius 1 is 0.804 bits per heavy atom. The quantitative estimate of drug-likeness (QED) is 0.166. The van der Waals surface area contributed by atoms with Crippen LogP contribution in [0, 0.1) is 30.6 Å². The van der Waals surface area contributed by atoms with Gasteiger partial charge in [0, 0.05) is 36.3 Å². The number of carbonyl (C=O) groups excluding carboxylic acids is 1. The average Bonchev–Trinajstić information content (AvgIpc) is 3.02. The zero-order valence-corrected chi connectivity index (χ0v) is 28.0. The van der Waals surface area contributed by atoms with Crippen LogP contribution in [-0.2, 0) is 23.7 Å². The van der Waals surface area contributed by atoms with Crippen molar-refractivity contribution in [3.8, 4) is 5.75 Å². The molecule has 11 atom stereocenters. The van der Waals surface area contributed by atoms with Gasteiger partial charge >= 0.3 is 11.6 Å². The van der Waals surface area contributed by atoms with E-state index >= 15 is 0 Å². The second-order valence-corrected chi connectivity index (χ2v) is 13.9. The summed E-state index contributed by atoms with van der Waals surface area (Å²) in [5, 5.41) is 1.97. The lowest BCUT2D eigenvalue weighted by Gasteiger charge is -2.48. The Morgan fingerprint density at radius 2 is 1.52 bits per heavy atom. The number of esters is 1. The van der Waals surface area contributed by atoms with Crippen molar-refractivity contribution in [2.24, 2.45) is 23.7 Å². The van der Waals surface area contributed by atoms with Gasteiger partial charge in [0.15, 0.2) is 11.9 Å². The van der Waals surface area contributed by atoms with Gasteiger partial charge in [0.1, 0.15) is 18.0 Å². The monoisotopic (exact) mass is 632 g/mol. The SMILES string of the molecule is COC1C(C)C(C)OC(OC2C(Oc3cccc4c(C)c5c6c7c(c(=O)oc6c34)C(C)=CCC7OC5=O)OC(C)C(C)C2C)C1C. The van der Waals surface area contributed by atoms with Crippen molar-refractivity contribution in [3.05, 3.63) is 56.9 Å². The van der Waals surface area contributed by atoms with E-state index in [0.29, 0.717) is 45.2 Å². The van der Waals surface area contributed by atoms with E-state index in [9.17, 15) is 9.59 Å². The molecule has 0 bridgehead atoms. The number of rotatable bonds is 5. The van der Waals surface area contributed by atoms with Gasteiger partial charge in [-0.3, -0.25) is 0 Å². The van der Waals surface area contributed by atoms with Gasteiger partial charge in [0.2, 0.25) is 6.29 Å². The third-order valence-electron chi connectivity index (χ3n) is 11.3. The third-order valence-corrected chi connectivity index (χ3v) is 11.3. The van der Waals surface area contributed by atoms with E-state index in [1.165, 1.54) is 0 Å². The number of hydrogen-bond acceptors (Lipinski definition) is 9. The Morgan fingerprint density at radius 3 is 2.26 bits per heavy atom. The fourth-order valence-corrected chi connectivity index (χ4v) is 8.12. The van der Waals surface area contributed by atoms with Gasteiger partial charge < -0.3 is 32.8 Å². The van der Waals surface area contributed by atoms with Crippen LogP contribution >= 0.6 is 0 Å². The van der Waals surface area contributed by atoms with E-state index < -0.39 is 36.4 Å². The minimum atomic E-state index is -0.784. The first-order valence-corrected chi connectivity index (χ1v) is 16.5. The van der Waals surface area contributed by atoms with Crippen LogP contribution in [0.3, 0.4) is 0 Å². The van der Waals surface area contributed by atoms with Crippen molar-refractivity contribution >= 4 is 33.3 Å². The summed E-state index contributed by atoms with van der Waals surface area (Å²) in [6.07, 6.45) is -0.0574. The summed E-state index contributed by atoms with van der Waals surface area (Å²) in [7, 11) is 1.74. The Bertz CT molecular complexity index is 1810. The third kappa shape index (κ3) is 4.65. The predicted molar refractivity (Wildman–Crippen MR) is 173 cm³/mol. The number of carbonyl (C=O) groups is 1. The molecule has 4 heterocycles. The summed E-state index contributed by atoms with van der Waals surface area (Å²) >= 11 is 0. The molecule has 0 N–H and O–H groups in total. The van der Waals surface area contributed by atoms with Gasteiger partial charge in [-0.1, -0.05) is 45.9 Å². The molecule has 2 fully saturated rings. The zero-order valence-electron chi connectivity index (χ0n) is 28.0.